The zero-order valence-corrected chi connectivity index (χ0v) is 9.65. The first-order valence-electron chi connectivity index (χ1n) is 5.35. The summed E-state index contributed by atoms with van der Waals surface area (Å²) in [6.07, 6.45) is 2.75. The van der Waals surface area contributed by atoms with Crippen molar-refractivity contribution in [3.05, 3.63) is 0 Å². The van der Waals surface area contributed by atoms with Crippen LogP contribution in [0.3, 0.4) is 0 Å². The second-order valence-corrected chi connectivity index (χ2v) is 5.72. The van der Waals surface area contributed by atoms with Gasteiger partial charge in [0.15, 0.2) is 0 Å². The lowest BCUT2D eigenvalue weighted by atomic mass is 10.3. The van der Waals surface area contributed by atoms with Gasteiger partial charge in [0.25, 0.3) is 0 Å². The Morgan fingerprint density at radius 1 is 1.36 bits per heavy atom. The van der Waals surface area contributed by atoms with Crippen molar-refractivity contribution in [2.24, 2.45) is 0 Å². The van der Waals surface area contributed by atoms with Gasteiger partial charge in [-0.1, -0.05) is 6.92 Å². The molecule has 0 saturated carbocycles. The molecule has 0 bridgehead atoms. The highest BCUT2D eigenvalue weighted by Gasteiger charge is 2.24. The number of nitrogens with zero attached hydrogens (tertiary/aromatic N) is 1. The molecule has 1 fully saturated rings. The molecule has 84 valence electrons. The Hall–Kier alpha value is -0.130. The molecule has 0 aromatic rings. The summed E-state index contributed by atoms with van der Waals surface area (Å²) in [5.74, 6) is 0.341. The molecular formula is C9H20N2O2S. The van der Waals surface area contributed by atoms with Gasteiger partial charge in [-0.3, -0.25) is 0 Å². The Kier molecular flexibility index (Phi) is 4.84. The molecule has 5 heteroatoms. The predicted octanol–water partition coefficient (Wildman–Crippen LogP) is 0.412. The van der Waals surface area contributed by atoms with Crippen molar-refractivity contribution < 1.29 is 8.42 Å². The fraction of sp³-hybridized carbons (Fsp3) is 1.00. The molecule has 14 heavy (non-hydrogen) atoms. The lowest BCUT2D eigenvalue weighted by Crippen LogP contribution is -2.39. The van der Waals surface area contributed by atoms with Crippen molar-refractivity contribution in [2.75, 3.05) is 31.9 Å². The average molecular weight is 220 g/mol. The van der Waals surface area contributed by atoms with Crippen LogP contribution in [-0.2, 0) is 10.0 Å². The minimum Gasteiger partial charge on any atom is -0.317 e. The molecule has 0 radical (unpaired) electrons. The Labute approximate surface area is 86.7 Å². The zero-order valence-electron chi connectivity index (χ0n) is 8.83. The molecular weight excluding hydrogens is 200 g/mol. The maximum atomic E-state index is 11.6. The van der Waals surface area contributed by atoms with Gasteiger partial charge in [0.1, 0.15) is 0 Å². The van der Waals surface area contributed by atoms with Gasteiger partial charge >= 0.3 is 0 Å². The first kappa shape index (κ1) is 11.9. The third-order valence-electron chi connectivity index (χ3n) is 2.46. The maximum Gasteiger partial charge on any atom is 0.214 e. The fourth-order valence-electron chi connectivity index (χ4n) is 1.65. The van der Waals surface area contributed by atoms with E-state index in [9.17, 15) is 8.42 Å². The van der Waals surface area contributed by atoms with Crippen molar-refractivity contribution >= 4 is 10.0 Å². The van der Waals surface area contributed by atoms with Crippen LogP contribution in [0.4, 0.5) is 0 Å². The minimum atomic E-state index is -2.91. The highest BCUT2D eigenvalue weighted by Crippen LogP contribution is 2.13. The van der Waals surface area contributed by atoms with Crippen LogP contribution < -0.4 is 5.32 Å². The van der Waals surface area contributed by atoms with Crippen molar-refractivity contribution in [1.82, 2.24) is 9.62 Å². The Morgan fingerprint density at radius 2 is 2.14 bits per heavy atom. The molecule has 0 atom stereocenters. The largest absolute Gasteiger partial charge is 0.317 e. The van der Waals surface area contributed by atoms with E-state index in [1.165, 1.54) is 0 Å². The summed E-state index contributed by atoms with van der Waals surface area (Å²) >= 11 is 0. The monoisotopic (exact) mass is 220 g/mol. The van der Waals surface area contributed by atoms with Gasteiger partial charge in [0.05, 0.1) is 5.75 Å². The van der Waals surface area contributed by atoms with Crippen LogP contribution in [0.5, 0.6) is 0 Å². The van der Waals surface area contributed by atoms with E-state index in [1.807, 2.05) is 0 Å². The van der Waals surface area contributed by atoms with E-state index in [2.05, 4.69) is 12.2 Å². The fourth-order valence-corrected chi connectivity index (χ4v) is 3.29. The normalized spacial score (nSPS) is 22.4. The van der Waals surface area contributed by atoms with Crippen molar-refractivity contribution in [1.29, 1.82) is 0 Å². The van der Waals surface area contributed by atoms with Gasteiger partial charge in [-0.15, -0.1) is 0 Å². The zero-order chi connectivity index (χ0) is 10.4. The third-order valence-corrected chi connectivity index (χ3v) is 4.42. The van der Waals surface area contributed by atoms with Gasteiger partial charge in [0.2, 0.25) is 10.0 Å². The standard InChI is InChI=1S/C9H20N2O2S/c1-2-10-6-5-8-11-7-3-4-9-14(11,12)13/h10H,2-9H2,1H3. The Balaban J connectivity index is 2.28. The molecule has 0 spiro atoms. The van der Waals surface area contributed by atoms with E-state index in [4.69, 9.17) is 0 Å². The lowest BCUT2D eigenvalue weighted by Gasteiger charge is -2.26. The molecule has 0 aliphatic carbocycles. The minimum absolute atomic E-state index is 0.341. The van der Waals surface area contributed by atoms with Crippen LogP contribution in [0.25, 0.3) is 0 Å². The highest BCUT2D eigenvalue weighted by molar-refractivity contribution is 7.89. The van der Waals surface area contributed by atoms with E-state index < -0.39 is 10.0 Å². The summed E-state index contributed by atoms with van der Waals surface area (Å²) in [7, 11) is -2.91. The van der Waals surface area contributed by atoms with E-state index in [-0.39, 0.29) is 0 Å². The molecule has 1 saturated heterocycles. The number of hydrogen-bond donors (Lipinski definition) is 1. The average Bonchev–Trinajstić information content (AvgIpc) is 2.14. The van der Waals surface area contributed by atoms with Gasteiger partial charge in [0, 0.05) is 13.1 Å². The van der Waals surface area contributed by atoms with Gasteiger partial charge in [-0.2, -0.15) is 0 Å². The molecule has 1 rings (SSSR count). The molecule has 1 heterocycles. The molecule has 1 aliphatic rings. The summed E-state index contributed by atoms with van der Waals surface area (Å²) < 4.78 is 24.7. The third kappa shape index (κ3) is 3.55. The van der Waals surface area contributed by atoms with Crippen LogP contribution >= 0.6 is 0 Å². The smallest absolute Gasteiger partial charge is 0.214 e. The summed E-state index contributed by atoms with van der Waals surface area (Å²) in [6, 6.07) is 0. The number of rotatable bonds is 5. The van der Waals surface area contributed by atoms with Crippen LogP contribution in [0.15, 0.2) is 0 Å². The van der Waals surface area contributed by atoms with Crippen LogP contribution in [-0.4, -0.2) is 44.7 Å². The SMILES string of the molecule is CCNCCCN1CCCCS1(=O)=O. The molecule has 1 N–H and O–H groups in total. The van der Waals surface area contributed by atoms with Crippen LogP contribution in [0.1, 0.15) is 26.2 Å². The first-order valence-corrected chi connectivity index (χ1v) is 6.96. The highest BCUT2D eigenvalue weighted by atomic mass is 32.2. The van der Waals surface area contributed by atoms with Gasteiger partial charge in [-0.25, -0.2) is 12.7 Å². The number of nitrogens with one attached hydrogen (secondary N) is 1. The number of hydrogen-bond acceptors (Lipinski definition) is 3. The molecule has 0 aromatic carbocycles. The van der Waals surface area contributed by atoms with Crippen LogP contribution in [0.2, 0.25) is 0 Å². The summed E-state index contributed by atoms with van der Waals surface area (Å²) in [6.45, 7) is 5.30. The molecule has 0 unspecified atom stereocenters. The Morgan fingerprint density at radius 3 is 2.79 bits per heavy atom. The van der Waals surface area contributed by atoms with Crippen molar-refractivity contribution in [3.63, 3.8) is 0 Å². The second-order valence-electron chi connectivity index (χ2n) is 3.63. The van der Waals surface area contributed by atoms with E-state index >= 15 is 0 Å². The molecule has 0 amide bonds. The summed E-state index contributed by atoms with van der Waals surface area (Å²) in [4.78, 5) is 0. The summed E-state index contributed by atoms with van der Waals surface area (Å²) in [5, 5.41) is 3.19. The number of sulfonamides is 1. The van der Waals surface area contributed by atoms with E-state index in [1.54, 1.807) is 4.31 Å². The molecule has 1 aliphatic heterocycles. The van der Waals surface area contributed by atoms with Gasteiger partial charge in [-0.05, 0) is 32.4 Å². The van der Waals surface area contributed by atoms with Crippen molar-refractivity contribution in [2.45, 2.75) is 26.2 Å². The summed E-state index contributed by atoms with van der Waals surface area (Å²) in [5.41, 5.74) is 0. The van der Waals surface area contributed by atoms with Crippen molar-refractivity contribution in [3.8, 4) is 0 Å². The van der Waals surface area contributed by atoms with Gasteiger partial charge < -0.3 is 5.32 Å². The second kappa shape index (κ2) is 5.68. The predicted molar refractivity (Wildman–Crippen MR) is 57.8 cm³/mol. The van der Waals surface area contributed by atoms with Crippen LogP contribution in [0, 0.1) is 0 Å². The molecule has 0 aromatic heterocycles. The Bertz CT molecular complexity index is 252. The first-order chi connectivity index (χ1) is 6.67. The lowest BCUT2D eigenvalue weighted by molar-refractivity contribution is 0.376. The topological polar surface area (TPSA) is 49.4 Å². The quantitative estimate of drug-likeness (QED) is 0.683. The maximum absolute atomic E-state index is 11.6. The van der Waals surface area contributed by atoms with E-state index in [0.717, 1.165) is 32.4 Å². The molecule has 4 nitrogen and oxygen atoms in total. The van der Waals surface area contributed by atoms with E-state index in [0.29, 0.717) is 18.8 Å².